The van der Waals surface area contributed by atoms with Gasteiger partial charge in [-0.15, -0.1) is 0 Å². The van der Waals surface area contributed by atoms with Gasteiger partial charge >= 0.3 is 12.0 Å². The van der Waals surface area contributed by atoms with Crippen LogP contribution < -0.4 is 10.6 Å². The van der Waals surface area contributed by atoms with Gasteiger partial charge in [-0.05, 0) is 19.3 Å². The molecule has 1 aliphatic carbocycles. The molecule has 0 aromatic carbocycles. The first-order chi connectivity index (χ1) is 9.47. The van der Waals surface area contributed by atoms with E-state index >= 15 is 0 Å². The van der Waals surface area contributed by atoms with Crippen LogP contribution in [-0.4, -0.2) is 33.4 Å². The molecule has 110 valence electrons. The molecule has 1 fully saturated rings. The summed E-state index contributed by atoms with van der Waals surface area (Å²) in [5.74, 6) is -0.834. The fourth-order valence-electron chi connectivity index (χ4n) is 2.39. The lowest BCUT2D eigenvalue weighted by molar-refractivity contribution is -0.153. The van der Waals surface area contributed by atoms with Crippen molar-refractivity contribution in [3.63, 3.8) is 0 Å². The number of anilines is 1. The van der Waals surface area contributed by atoms with Crippen molar-refractivity contribution < 1.29 is 14.7 Å². The lowest BCUT2D eigenvalue weighted by Gasteiger charge is -2.37. The lowest BCUT2D eigenvalue weighted by Crippen LogP contribution is -2.48. The molecular formula is C13H20N4O3. The van der Waals surface area contributed by atoms with Gasteiger partial charge in [-0.25, -0.2) is 4.79 Å². The Kier molecular flexibility index (Phi) is 3.96. The van der Waals surface area contributed by atoms with E-state index in [4.69, 9.17) is 0 Å². The van der Waals surface area contributed by atoms with Gasteiger partial charge in [0.1, 0.15) is 0 Å². The second-order valence-corrected chi connectivity index (χ2v) is 5.26. The minimum atomic E-state index is -0.834. The summed E-state index contributed by atoms with van der Waals surface area (Å²) in [7, 11) is 1.79. The Balaban J connectivity index is 1.91. The van der Waals surface area contributed by atoms with E-state index in [0.717, 1.165) is 18.5 Å². The second kappa shape index (κ2) is 5.52. The molecule has 1 saturated carbocycles. The zero-order valence-electron chi connectivity index (χ0n) is 11.8. The van der Waals surface area contributed by atoms with Crippen LogP contribution >= 0.6 is 0 Å². The molecule has 1 aromatic heterocycles. The van der Waals surface area contributed by atoms with Crippen molar-refractivity contribution in [2.45, 2.75) is 32.6 Å². The van der Waals surface area contributed by atoms with Crippen LogP contribution in [0, 0.1) is 5.41 Å². The number of hydrogen-bond donors (Lipinski definition) is 3. The average Bonchev–Trinajstić information content (AvgIpc) is 2.67. The summed E-state index contributed by atoms with van der Waals surface area (Å²) in [5, 5.41) is 18.8. The van der Waals surface area contributed by atoms with Crippen LogP contribution in [0.3, 0.4) is 0 Å². The third kappa shape index (κ3) is 2.76. The number of urea groups is 1. The number of carbonyl (C=O) groups is 2. The van der Waals surface area contributed by atoms with Crippen molar-refractivity contribution in [1.82, 2.24) is 15.1 Å². The van der Waals surface area contributed by atoms with E-state index in [9.17, 15) is 14.7 Å². The molecular weight excluding hydrogens is 260 g/mol. The van der Waals surface area contributed by atoms with Gasteiger partial charge < -0.3 is 15.7 Å². The van der Waals surface area contributed by atoms with Crippen molar-refractivity contribution in [3.8, 4) is 0 Å². The smallest absolute Gasteiger partial charge is 0.319 e. The number of carboxylic acid groups (broad SMARTS) is 1. The van der Waals surface area contributed by atoms with Crippen LogP contribution in [0.2, 0.25) is 0 Å². The van der Waals surface area contributed by atoms with Crippen LogP contribution in [0.5, 0.6) is 0 Å². The van der Waals surface area contributed by atoms with E-state index < -0.39 is 11.4 Å². The van der Waals surface area contributed by atoms with Gasteiger partial charge in [0.15, 0.2) is 0 Å². The molecule has 0 spiro atoms. The van der Waals surface area contributed by atoms with Crippen molar-refractivity contribution in [2.24, 2.45) is 12.5 Å². The summed E-state index contributed by atoms with van der Waals surface area (Å²) in [6.45, 7) is 2.12. The maximum Gasteiger partial charge on any atom is 0.319 e. The molecule has 20 heavy (non-hydrogen) atoms. The Labute approximate surface area is 117 Å². The Bertz CT molecular complexity index is 520. The van der Waals surface area contributed by atoms with Crippen LogP contribution in [0.25, 0.3) is 0 Å². The molecule has 1 heterocycles. The van der Waals surface area contributed by atoms with E-state index in [1.54, 1.807) is 17.9 Å². The topological polar surface area (TPSA) is 96.3 Å². The van der Waals surface area contributed by atoms with Crippen LogP contribution in [0.1, 0.15) is 31.9 Å². The first kappa shape index (κ1) is 14.4. The minimum Gasteiger partial charge on any atom is -0.481 e. The third-order valence-electron chi connectivity index (χ3n) is 3.84. The molecule has 0 atom stereocenters. The second-order valence-electron chi connectivity index (χ2n) is 5.26. The van der Waals surface area contributed by atoms with E-state index in [0.29, 0.717) is 18.5 Å². The fraction of sp³-hybridized carbons (Fsp3) is 0.615. The number of rotatable bonds is 5. The predicted octanol–water partition coefficient (Wildman–Crippen LogP) is 1.36. The van der Waals surface area contributed by atoms with Gasteiger partial charge in [-0.2, -0.15) is 5.10 Å². The first-order valence-electron chi connectivity index (χ1n) is 6.77. The van der Waals surface area contributed by atoms with Gasteiger partial charge in [0.2, 0.25) is 0 Å². The van der Waals surface area contributed by atoms with Crippen molar-refractivity contribution >= 4 is 17.7 Å². The molecule has 1 aromatic rings. The zero-order chi connectivity index (χ0) is 14.8. The normalized spacial score (nSPS) is 16.3. The monoisotopic (exact) mass is 280 g/mol. The number of amides is 2. The number of aliphatic carboxylic acids is 1. The number of carboxylic acids is 1. The number of hydrogen-bond acceptors (Lipinski definition) is 3. The number of nitrogens with zero attached hydrogens (tertiary/aromatic N) is 2. The van der Waals surface area contributed by atoms with E-state index in [1.165, 1.54) is 0 Å². The molecule has 0 aliphatic heterocycles. The van der Waals surface area contributed by atoms with E-state index in [1.807, 2.05) is 6.92 Å². The lowest BCUT2D eigenvalue weighted by atomic mass is 9.69. The number of aromatic nitrogens is 2. The first-order valence-corrected chi connectivity index (χ1v) is 6.77. The summed E-state index contributed by atoms with van der Waals surface area (Å²) < 4.78 is 1.64. The maximum atomic E-state index is 11.8. The highest BCUT2D eigenvalue weighted by Gasteiger charge is 2.44. The Hall–Kier alpha value is -2.05. The van der Waals surface area contributed by atoms with Gasteiger partial charge in [0, 0.05) is 19.8 Å². The standard InChI is InChI=1S/C13H20N4O3/c1-3-9-10(7-17(2)16-9)15-12(20)14-8-13(11(18)19)5-4-6-13/h7H,3-6,8H2,1-2H3,(H,18,19)(H2,14,15,20). The average molecular weight is 280 g/mol. The molecule has 7 heteroatoms. The summed E-state index contributed by atoms with van der Waals surface area (Å²) >= 11 is 0. The molecule has 3 N–H and O–H groups in total. The van der Waals surface area contributed by atoms with Crippen molar-refractivity contribution in [1.29, 1.82) is 0 Å². The van der Waals surface area contributed by atoms with E-state index in [-0.39, 0.29) is 12.6 Å². The number of carbonyl (C=O) groups excluding carboxylic acids is 1. The highest BCUT2D eigenvalue weighted by Crippen LogP contribution is 2.40. The third-order valence-corrected chi connectivity index (χ3v) is 3.84. The maximum absolute atomic E-state index is 11.8. The molecule has 0 unspecified atom stereocenters. The van der Waals surface area contributed by atoms with Crippen LogP contribution in [0.15, 0.2) is 6.20 Å². The molecule has 1 aliphatic rings. The van der Waals surface area contributed by atoms with Gasteiger partial charge in [0.25, 0.3) is 0 Å². The Morgan fingerprint density at radius 1 is 1.50 bits per heavy atom. The van der Waals surface area contributed by atoms with Gasteiger partial charge in [-0.3, -0.25) is 9.48 Å². The summed E-state index contributed by atoms with van der Waals surface area (Å²) in [4.78, 5) is 23.0. The molecule has 7 nitrogen and oxygen atoms in total. The summed E-state index contributed by atoms with van der Waals surface area (Å²) in [6, 6.07) is -0.389. The zero-order valence-corrected chi connectivity index (χ0v) is 11.8. The highest BCUT2D eigenvalue weighted by molar-refractivity contribution is 5.90. The van der Waals surface area contributed by atoms with Crippen molar-refractivity contribution in [2.75, 3.05) is 11.9 Å². The van der Waals surface area contributed by atoms with Gasteiger partial charge in [0.05, 0.1) is 16.8 Å². The fourth-order valence-corrected chi connectivity index (χ4v) is 2.39. The number of aryl methyl sites for hydroxylation is 2. The van der Waals surface area contributed by atoms with Crippen LogP contribution in [-0.2, 0) is 18.3 Å². The van der Waals surface area contributed by atoms with E-state index in [2.05, 4.69) is 15.7 Å². The molecule has 2 amide bonds. The predicted molar refractivity (Wildman–Crippen MR) is 73.5 cm³/mol. The highest BCUT2D eigenvalue weighted by atomic mass is 16.4. The Morgan fingerprint density at radius 3 is 2.70 bits per heavy atom. The summed E-state index contributed by atoms with van der Waals surface area (Å²) in [6.07, 6.45) is 4.59. The Morgan fingerprint density at radius 2 is 2.20 bits per heavy atom. The van der Waals surface area contributed by atoms with Crippen molar-refractivity contribution in [3.05, 3.63) is 11.9 Å². The summed E-state index contributed by atoms with van der Waals surface area (Å²) in [5.41, 5.74) is 0.685. The quantitative estimate of drug-likeness (QED) is 0.758. The largest absolute Gasteiger partial charge is 0.481 e. The molecule has 0 bridgehead atoms. The van der Waals surface area contributed by atoms with Crippen LogP contribution in [0.4, 0.5) is 10.5 Å². The molecule has 0 saturated heterocycles. The molecule has 2 rings (SSSR count). The molecule has 0 radical (unpaired) electrons. The number of nitrogens with one attached hydrogen (secondary N) is 2. The van der Waals surface area contributed by atoms with Gasteiger partial charge in [-0.1, -0.05) is 13.3 Å². The minimum absolute atomic E-state index is 0.163. The SMILES string of the molecule is CCc1nn(C)cc1NC(=O)NCC1(C(=O)O)CCC1.